The summed E-state index contributed by atoms with van der Waals surface area (Å²) in [5.41, 5.74) is 1.06. The number of halogens is 1. The molecule has 1 aromatic rings. The minimum Gasteiger partial charge on any atom is -0.311 e. The lowest BCUT2D eigenvalue weighted by molar-refractivity contribution is -0.385. The van der Waals surface area contributed by atoms with Gasteiger partial charge in [-0.3, -0.25) is 10.1 Å². The molecule has 0 bridgehead atoms. The smallest absolute Gasteiger partial charge is 0.270 e. The van der Waals surface area contributed by atoms with Gasteiger partial charge in [-0.15, -0.1) is 0 Å². The average Bonchev–Trinajstić information content (AvgIpc) is 2.74. The molecule has 1 fully saturated rings. The first-order chi connectivity index (χ1) is 9.06. The standard InChI is InChI=1S/C13H18BrN3O2/c1-16-4-2-3-12(16)9-15-8-10-5-11(14)7-13(6-10)17(18)19/h5-7,12,15H,2-4,8-9H2,1H3. The van der Waals surface area contributed by atoms with E-state index >= 15 is 0 Å². The lowest BCUT2D eigenvalue weighted by Gasteiger charge is -2.19. The number of rotatable bonds is 5. The molecule has 1 N–H and O–H groups in total. The van der Waals surface area contributed by atoms with Gasteiger partial charge >= 0.3 is 0 Å². The molecule has 1 heterocycles. The van der Waals surface area contributed by atoms with Gasteiger partial charge in [-0.05, 0) is 38.1 Å². The van der Waals surface area contributed by atoms with Crippen LogP contribution in [0.5, 0.6) is 0 Å². The predicted molar refractivity (Wildman–Crippen MR) is 78.2 cm³/mol. The molecule has 1 aromatic carbocycles. The summed E-state index contributed by atoms with van der Waals surface area (Å²) in [6.07, 6.45) is 2.48. The molecule has 1 saturated heterocycles. The van der Waals surface area contributed by atoms with E-state index in [0.717, 1.165) is 23.1 Å². The van der Waals surface area contributed by atoms with Gasteiger partial charge in [0.15, 0.2) is 0 Å². The number of nitro groups is 1. The van der Waals surface area contributed by atoms with E-state index in [1.807, 2.05) is 6.07 Å². The first kappa shape index (κ1) is 14.4. The van der Waals surface area contributed by atoms with E-state index in [1.165, 1.54) is 18.9 Å². The Labute approximate surface area is 121 Å². The second kappa shape index (κ2) is 6.45. The molecule has 0 amide bonds. The number of nitrogens with zero attached hydrogens (tertiary/aromatic N) is 2. The summed E-state index contributed by atoms with van der Waals surface area (Å²) in [5, 5.41) is 14.2. The number of likely N-dealkylation sites (N-methyl/N-ethyl adjacent to an activating group) is 1. The van der Waals surface area contributed by atoms with E-state index in [-0.39, 0.29) is 10.6 Å². The normalized spacial score (nSPS) is 19.8. The van der Waals surface area contributed by atoms with Gasteiger partial charge in [0.2, 0.25) is 0 Å². The largest absolute Gasteiger partial charge is 0.311 e. The molecular weight excluding hydrogens is 310 g/mol. The fourth-order valence-corrected chi connectivity index (χ4v) is 2.99. The number of nitro benzene ring substituents is 1. The fraction of sp³-hybridized carbons (Fsp3) is 0.538. The Balaban J connectivity index is 1.90. The minimum absolute atomic E-state index is 0.129. The van der Waals surface area contributed by atoms with E-state index in [0.29, 0.717) is 12.6 Å². The zero-order chi connectivity index (χ0) is 13.8. The van der Waals surface area contributed by atoms with Gasteiger partial charge in [0.05, 0.1) is 4.92 Å². The van der Waals surface area contributed by atoms with Gasteiger partial charge in [-0.1, -0.05) is 15.9 Å². The molecule has 0 spiro atoms. The Morgan fingerprint density at radius 2 is 2.32 bits per heavy atom. The van der Waals surface area contributed by atoms with E-state index in [9.17, 15) is 10.1 Å². The van der Waals surface area contributed by atoms with Crippen LogP contribution in [-0.4, -0.2) is 36.0 Å². The number of nitrogens with one attached hydrogen (secondary N) is 1. The lowest BCUT2D eigenvalue weighted by Crippen LogP contribution is -2.35. The second-order valence-electron chi connectivity index (χ2n) is 4.98. The van der Waals surface area contributed by atoms with Crippen LogP contribution in [0.3, 0.4) is 0 Å². The van der Waals surface area contributed by atoms with E-state index in [4.69, 9.17) is 0 Å². The van der Waals surface area contributed by atoms with Crippen LogP contribution < -0.4 is 5.32 Å². The molecule has 6 heteroatoms. The summed E-state index contributed by atoms with van der Waals surface area (Å²) in [5.74, 6) is 0. The first-order valence-electron chi connectivity index (χ1n) is 6.41. The Morgan fingerprint density at radius 1 is 1.53 bits per heavy atom. The summed E-state index contributed by atoms with van der Waals surface area (Å²) in [6, 6.07) is 5.64. The number of benzene rings is 1. The van der Waals surface area contributed by atoms with Crippen LogP contribution in [-0.2, 0) is 6.54 Å². The van der Waals surface area contributed by atoms with Gasteiger partial charge in [-0.25, -0.2) is 0 Å². The highest BCUT2D eigenvalue weighted by Gasteiger charge is 2.20. The van der Waals surface area contributed by atoms with Crippen LogP contribution in [0.4, 0.5) is 5.69 Å². The Kier molecular flexibility index (Phi) is 4.90. The molecule has 0 aromatic heterocycles. The van der Waals surface area contributed by atoms with Crippen molar-refractivity contribution in [1.29, 1.82) is 0 Å². The molecule has 0 saturated carbocycles. The van der Waals surface area contributed by atoms with Gasteiger partial charge in [-0.2, -0.15) is 0 Å². The highest BCUT2D eigenvalue weighted by molar-refractivity contribution is 9.10. The van der Waals surface area contributed by atoms with Crippen LogP contribution in [0.15, 0.2) is 22.7 Å². The van der Waals surface area contributed by atoms with Crippen molar-refractivity contribution in [2.75, 3.05) is 20.1 Å². The lowest BCUT2D eigenvalue weighted by atomic mass is 10.2. The zero-order valence-electron chi connectivity index (χ0n) is 10.9. The Morgan fingerprint density at radius 3 is 2.95 bits per heavy atom. The summed E-state index contributed by atoms with van der Waals surface area (Å²) < 4.78 is 0.747. The summed E-state index contributed by atoms with van der Waals surface area (Å²) >= 11 is 3.31. The maximum Gasteiger partial charge on any atom is 0.270 e. The van der Waals surface area contributed by atoms with E-state index in [1.54, 1.807) is 6.07 Å². The van der Waals surface area contributed by atoms with Crippen molar-refractivity contribution in [3.05, 3.63) is 38.3 Å². The molecule has 1 atom stereocenters. The molecule has 104 valence electrons. The predicted octanol–water partition coefficient (Wildman–Crippen LogP) is 2.54. The van der Waals surface area contributed by atoms with Crippen LogP contribution in [0.25, 0.3) is 0 Å². The highest BCUT2D eigenvalue weighted by atomic mass is 79.9. The number of likely N-dealkylation sites (tertiary alicyclic amines) is 1. The van der Waals surface area contributed by atoms with Gasteiger partial charge in [0.25, 0.3) is 5.69 Å². The van der Waals surface area contributed by atoms with Gasteiger partial charge in [0, 0.05) is 35.7 Å². The monoisotopic (exact) mass is 327 g/mol. The average molecular weight is 328 g/mol. The molecule has 1 unspecified atom stereocenters. The molecule has 5 nitrogen and oxygen atoms in total. The Bertz CT molecular complexity index is 467. The third kappa shape index (κ3) is 3.99. The maximum atomic E-state index is 10.8. The van der Waals surface area contributed by atoms with Crippen molar-refractivity contribution in [3.8, 4) is 0 Å². The van der Waals surface area contributed by atoms with Crippen LogP contribution in [0.2, 0.25) is 0 Å². The van der Waals surface area contributed by atoms with Crippen LogP contribution in [0.1, 0.15) is 18.4 Å². The summed E-state index contributed by atoms with van der Waals surface area (Å²) in [6.45, 7) is 2.75. The topological polar surface area (TPSA) is 58.4 Å². The van der Waals surface area contributed by atoms with Crippen molar-refractivity contribution in [2.45, 2.75) is 25.4 Å². The molecule has 1 aliphatic heterocycles. The maximum absolute atomic E-state index is 10.8. The molecule has 0 radical (unpaired) electrons. The van der Waals surface area contributed by atoms with Crippen molar-refractivity contribution in [2.24, 2.45) is 0 Å². The second-order valence-corrected chi connectivity index (χ2v) is 5.90. The molecule has 2 rings (SSSR count). The summed E-state index contributed by atoms with van der Waals surface area (Å²) in [7, 11) is 2.14. The van der Waals surface area contributed by atoms with E-state index < -0.39 is 0 Å². The Hall–Kier alpha value is -0.980. The van der Waals surface area contributed by atoms with Crippen molar-refractivity contribution >= 4 is 21.6 Å². The third-order valence-corrected chi connectivity index (χ3v) is 3.99. The van der Waals surface area contributed by atoms with E-state index in [2.05, 4.69) is 33.2 Å². The third-order valence-electron chi connectivity index (χ3n) is 3.53. The van der Waals surface area contributed by atoms with Gasteiger partial charge < -0.3 is 10.2 Å². The number of non-ortho nitro benzene ring substituents is 1. The molecule has 1 aliphatic rings. The van der Waals surface area contributed by atoms with Crippen LogP contribution in [0, 0.1) is 10.1 Å². The van der Waals surface area contributed by atoms with Crippen molar-refractivity contribution < 1.29 is 4.92 Å². The summed E-state index contributed by atoms with van der Waals surface area (Å²) in [4.78, 5) is 12.8. The molecule has 19 heavy (non-hydrogen) atoms. The number of hydrogen-bond donors (Lipinski definition) is 1. The first-order valence-corrected chi connectivity index (χ1v) is 7.20. The van der Waals surface area contributed by atoms with Crippen molar-refractivity contribution in [1.82, 2.24) is 10.2 Å². The van der Waals surface area contributed by atoms with Crippen LogP contribution >= 0.6 is 15.9 Å². The number of hydrogen-bond acceptors (Lipinski definition) is 4. The SMILES string of the molecule is CN1CCCC1CNCc1cc(Br)cc([N+](=O)[O-])c1. The molecular formula is C13H18BrN3O2. The minimum atomic E-state index is -0.362. The van der Waals surface area contributed by atoms with Crippen molar-refractivity contribution in [3.63, 3.8) is 0 Å². The van der Waals surface area contributed by atoms with Gasteiger partial charge in [0.1, 0.15) is 0 Å². The zero-order valence-corrected chi connectivity index (χ0v) is 12.5. The quantitative estimate of drug-likeness (QED) is 0.667. The molecule has 0 aliphatic carbocycles. The fourth-order valence-electron chi connectivity index (χ4n) is 2.46. The highest BCUT2D eigenvalue weighted by Crippen LogP contribution is 2.21.